The predicted molar refractivity (Wildman–Crippen MR) is 70.7 cm³/mol. The minimum Gasteiger partial charge on any atom is -0.489 e. The molecule has 1 aromatic carbocycles. The maximum Gasteiger partial charge on any atom is 0.120 e. The van der Waals surface area contributed by atoms with Gasteiger partial charge in [-0.3, -0.25) is 0 Å². The van der Waals surface area contributed by atoms with E-state index in [0.717, 1.165) is 16.8 Å². The van der Waals surface area contributed by atoms with Gasteiger partial charge in [-0.1, -0.05) is 21.9 Å². The van der Waals surface area contributed by atoms with Crippen LogP contribution in [0.1, 0.15) is 12.5 Å². The van der Waals surface area contributed by atoms with Gasteiger partial charge in [0.25, 0.3) is 0 Å². The fraction of sp³-hybridized carbons (Fsp3) is 0.385. The Hall–Kier alpha value is -0.980. The molecule has 86 valence electrons. The molecule has 0 amide bonds. The third-order valence-electron chi connectivity index (χ3n) is 2.13. The summed E-state index contributed by atoms with van der Waals surface area (Å²) in [6.45, 7) is 5.38. The molecule has 1 atom stereocenters. The molecule has 0 spiro atoms. The Morgan fingerprint density at radius 3 is 2.94 bits per heavy atom. The lowest BCUT2D eigenvalue weighted by molar-refractivity contribution is 0.219. The quantitative estimate of drug-likeness (QED) is 0.662. The maximum atomic E-state index is 5.74. The Bertz CT molecular complexity index is 384. The molecule has 2 nitrogen and oxygen atoms in total. The van der Waals surface area contributed by atoms with Crippen LogP contribution in [-0.4, -0.2) is 19.2 Å². The lowest BCUT2D eigenvalue weighted by atomic mass is 10.2. The number of rotatable bonds is 5. The van der Waals surface area contributed by atoms with Crippen LogP contribution in [0.15, 0.2) is 22.7 Å². The highest BCUT2D eigenvalue weighted by Gasteiger charge is 2.04. The highest BCUT2D eigenvalue weighted by molar-refractivity contribution is 9.10. The zero-order valence-electron chi connectivity index (χ0n) is 9.59. The number of terminal acetylenes is 1. The first-order valence-corrected chi connectivity index (χ1v) is 5.99. The number of ether oxygens (including phenoxy) is 1. The highest BCUT2D eigenvalue weighted by Crippen LogP contribution is 2.22. The minimum absolute atomic E-state index is 0.105. The Labute approximate surface area is 106 Å². The Morgan fingerprint density at radius 2 is 2.31 bits per heavy atom. The second-order valence-corrected chi connectivity index (χ2v) is 4.53. The van der Waals surface area contributed by atoms with Gasteiger partial charge in [-0.05, 0) is 37.6 Å². The fourth-order valence-corrected chi connectivity index (χ4v) is 1.56. The number of nitrogens with one attached hydrogen (secondary N) is 1. The first-order chi connectivity index (χ1) is 7.63. The molecule has 0 heterocycles. The number of aryl methyl sites for hydroxylation is 1. The van der Waals surface area contributed by atoms with Gasteiger partial charge < -0.3 is 10.1 Å². The van der Waals surface area contributed by atoms with Gasteiger partial charge in [0, 0.05) is 11.0 Å². The third-order valence-corrected chi connectivity index (χ3v) is 3.02. The molecule has 0 radical (unpaired) electrons. The van der Waals surface area contributed by atoms with Crippen LogP contribution in [0.25, 0.3) is 0 Å². The molecule has 0 aliphatic rings. The van der Waals surface area contributed by atoms with Crippen LogP contribution in [0.4, 0.5) is 0 Å². The maximum absolute atomic E-state index is 5.74. The topological polar surface area (TPSA) is 21.3 Å². The summed E-state index contributed by atoms with van der Waals surface area (Å²) in [5, 5.41) is 3.11. The summed E-state index contributed by atoms with van der Waals surface area (Å²) in [5.41, 5.74) is 1.17. The van der Waals surface area contributed by atoms with E-state index in [2.05, 4.69) is 27.2 Å². The molecule has 0 fully saturated rings. The predicted octanol–water partition coefficient (Wildman–Crippen LogP) is 2.75. The largest absolute Gasteiger partial charge is 0.489 e. The molecule has 0 aromatic heterocycles. The van der Waals surface area contributed by atoms with Crippen LogP contribution in [0.5, 0.6) is 5.75 Å². The van der Waals surface area contributed by atoms with E-state index in [-0.39, 0.29) is 6.10 Å². The standard InChI is InChI=1S/C13H16BrNO/c1-4-7-15-9-11(3)16-12-5-6-13(14)10(2)8-12/h1,5-6,8,11,15H,7,9H2,2-3H3. The van der Waals surface area contributed by atoms with Crippen molar-refractivity contribution >= 4 is 15.9 Å². The van der Waals surface area contributed by atoms with E-state index in [0.29, 0.717) is 6.54 Å². The van der Waals surface area contributed by atoms with E-state index in [1.165, 1.54) is 5.56 Å². The van der Waals surface area contributed by atoms with E-state index in [4.69, 9.17) is 11.2 Å². The summed E-state index contributed by atoms with van der Waals surface area (Å²) in [7, 11) is 0. The van der Waals surface area contributed by atoms with Crippen molar-refractivity contribution in [2.45, 2.75) is 20.0 Å². The Morgan fingerprint density at radius 1 is 1.56 bits per heavy atom. The second-order valence-electron chi connectivity index (χ2n) is 3.67. The van der Waals surface area contributed by atoms with Crippen LogP contribution in [0.2, 0.25) is 0 Å². The van der Waals surface area contributed by atoms with Crippen LogP contribution in [0, 0.1) is 19.3 Å². The van der Waals surface area contributed by atoms with Crippen LogP contribution < -0.4 is 10.1 Å². The van der Waals surface area contributed by atoms with Crippen molar-refractivity contribution in [3.8, 4) is 18.1 Å². The molecule has 1 rings (SSSR count). The molecule has 3 heteroatoms. The smallest absolute Gasteiger partial charge is 0.120 e. The third kappa shape index (κ3) is 4.26. The lowest BCUT2D eigenvalue weighted by Crippen LogP contribution is -2.29. The van der Waals surface area contributed by atoms with Gasteiger partial charge in [0.05, 0.1) is 6.54 Å². The summed E-state index contributed by atoms with van der Waals surface area (Å²) in [6, 6.07) is 5.96. The van der Waals surface area contributed by atoms with Gasteiger partial charge >= 0.3 is 0 Å². The first-order valence-electron chi connectivity index (χ1n) is 5.20. The molecular weight excluding hydrogens is 266 g/mol. The van der Waals surface area contributed by atoms with Crippen molar-refractivity contribution in [3.05, 3.63) is 28.2 Å². The zero-order chi connectivity index (χ0) is 12.0. The van der Waals surface area contributed by atoms with Gasteiger partial charge in [0.2, 0.25) is 0 Å². The number of hydrogen-bond donors (Lipinski definition) is 1. The van der Waals surface area contributed by atoms with E-state index >= 15 is 0 Å². The van der Waals surface area contributed by atoms with Crippen LogP contribution >= 0.6 is 15.9 Å². The van der Waals surface area contributed by atoms with Gasteiger partial charge in [-0.15, -0.1) is 6.42 Å². The summed E-state index contributed by atoms with van der Waals surface area (Å²) in [5.74, 6) is 3.42. The van der Waals surface area contributed by atoms with E-state index in [1.54, 1.807) is 0 Å². The molecular formula is C13H16BrNO. The molecule has 0 aliphatic carbocycles. The molecule has 0 saturated heterocycles. The average Bonchev–Trinajstić information content (AvgIpc) is 2.24. The van der Waals surface area contributed by atoms with Crippen molar-refractivity contribution in [1.29, 1.82) is 0 Å². The van der Waals surface area contributed by atoms with E-state index in [1.807, 2.05) is 32.0 Å². The molecule has 0 saturated carbocycles. The van der Waals surface area contributed by atoms with Crippen LogP contribution in [-0.2, 0) is 0 Å². The normalized spacial score (nSPS) is 11.9. The average molecular weight is 282 g/mol. The van der Waals surface area contributed by atoms with Gasteiger partial charge in [-0.25, -0.2) is 0 Å². The molecule has 1 unspecified atom stereocenters. The molecule has 0 bridgehead atoms. The lowest BCUT2D eigenvalue weighted by Gasteiger charge is -2.15. The second kappa shape index (κ2) is 6.57. The summed E-state index contributed by atoms with van der Waals surface area (Å²) in [6.07, 6.45) is 5.25. The van der Waals surface area contributed by atoms with Crippen molar-refractivity contribution in [2.75, 3.05) is 13.1 Å². The molecule has 16 heavy (non-hydrogen) atoms. The molecule has 1 N–H and O–H groups in total. The molecule has 0 aliphatic heterocycles. The van der Waals surface area contributed by atoms with Gasteiger partial charge in [0.1, 0.15) is 11.9 Å². The zero-order valence-corrected chi connectivity index (χ0v) is 11.2. The van der Waals surface area contributed by atoms with Gasteiger partial charge in [-0.2, -0.15) is 0 Å². The summed E-state index contributed by atoms with van der Waals surface area (Å²) < 4.78 is 6.84. The van der Waals surface area contributed by atoms with Crippen molar-refractivity contribution in [2.24, 2.45) is 0 Å². The van der Waals surface area contributed by atoms with Crippen molar-refractivity contribution < 1.29 is 4.74 Å². The number of hydrogen-bond acceptors (Lipinski definition) is 2. The Balaban J connectivity index is 2.47. The van der Waals surface area contributed by atoms with E-state index in [9.17, 15) is 0 Å². The van der Waals surface area contributed by atoms with Crippen molar-refractivity contribution in [1.82, 2.24) is 5.32 Å². The summed E-state index contributed by atoms with van der Waals surface area (Å²) in [4.78, 5) is 0. The fourth-order valence-electron chi connectivity index (χ4n) is 1.31. The van der Waals surface area contributed by atoms with Gasteiger partial charge in [0.15, 0.2) is 0 Å². The monoisotopic (exact) mass is 281 g/mol. The number of halogens is 1. The SMILES string of the molecule is C#CCNCC(C)Oc1ccc(Br)c(C)c1. The highest BCUT2D eigenvalue weighted by atomic mass is 79.9. The minimum atomic E-state index is 0.105. The summed E-state index contributed by atoms with van der Waals surface area (Å²) >= 11 is 3.46. The van der Waals surface area contributed by atoms with E-state index < -0.39 is 0 Å². The first kappa shape index (κ1) is 13.1. The molecule has 1 aromatic rings. The van der Waals surface area contributed by atoms with Crippen LogP contribution in [0.3, 0.4) is 0 Å². The van der Waals surface area contributed by atoms with Crippen molar-refractivity contribution in [3.63, 3.8) is 0 Å². The Kier molecular flexibility index (Phi) is 5.37. The number of benzene rings is 1.